The molecule has 0 fully saturated rings. The van der Waals surface area contributed by atoms with Gasteiger partial charge in [0.05, 0.1) is 0 Å². The minimum absolute atomic E-state index is 0.280. The molecule has 0 aromatic carbocycles. The minimum atomic E-state index is -2.93. The van der Waals surface area contributed by atoms with E-state index >= 15 is 0 Å². The number of hydrogen-bond acceptors (Lipinski definition) is 0. The predicted octanol–water partition coefficient (Wildman–Crippen LogP) is 5.84. The first-order chi connectivity index (χ1) is 9.70. The third-order valence-corrected chi connectivity index (χ3v) is 22.7. The van der Waals surface area contributed by atoms with Gasteiger partial charge < -0.3 is 0 Å². The van der Waals surface area contributed by atoms with Crippen molar-refractivity contribution in [1.82, 2.24) is 0 Å². The van der Waals surface area contributed by atoms with Crippen molar-refractivity contribution in [3.05, 3.63) is 42.0 Å². The van der Waals surface area contributed by atoms with Gasteiger partial charge in [0.2, 0.25) is 0 Å². The van der Waals surface area contributed by atoms with Gasteiger partial charge in [0.15, 0.2) is 0 Å². The zero-order valence-corrected chi connectivity index (χ0v) is 19.8. The topological polar surface area (TPSA) is 0 Å². The Morgan fingerprint density at radius 1 is 0.773 bits per heavy atom. The summed E-state index contributed by atoms with van der Waals surface area (Å²) in [6.07, 6.45) is 12.5. The van der Waals surface area contributed by atoms with E-state index in [1.54, 1.807) is 17.7 Å². The quantitative estimate of drug-likeness (QED) is 0.517. The summed E-state index contributed by atoms with van der Waals surface area (Å²) in [5.41, 5.74) is 3.64. The van der Waals surface area contributed by atoms with Crippen LogP contribution >= 0.6 is 0 Å². The molecule has 0 nitrogen and oxygen atoms in total. The Morgan fingerprint density at radius 3 is 1.32 bits per heavy atom. The summed E-state index contributed by atoms with van der Waals surface area (Å²) < 4.78 is 8.83. The molecule has 0 unspecified atom stereocenters. The zero-order valence-electron chi connectivity index (χ0n) is 15.9. The number of rotatable bonds is 2. The van der Waals surface area contributed by atoms with Crippen LogP contribution in [-0.2, 0) is 17.4 Å². The maximum atomic E-state index is 2.64. The van der Waals surface area contributed by atoms with Crippen LogP contribution in [0, 0.1) is 10.8 Å². The Bertz CT molecular complexity index is 622. The van der Waals surface area contributed by atoms with Gasteiger partial charge in [-0.3, -0.25) is 0 Å². The molecule has 2 heteroatoms. The van der Waals surface area contributed by atoms with Crippen molar-refractivity contribution in [3.63, 3.8) is 0 Å². The number of allylic oxidation sites excluding steroid dienone is 8. The summed E-state index contributed by atoms with van der Waals surface area (Å²) in [5.74, 6) is 0. The van der Waals surface area contributed by atoms with E-state index in [0.717, 1.165) is 0 Å². The van der Waals surface area contributed by atoms with Crippen molar-refractivity contribution in [3.8, 4) is 0 Å². The van der Waals surface area contributed by atoms with E-state index in [1.807, 2.05) is 0 Å². The first kappa shape index (κ1) is 18.4. The SMILES string of the molecule is CC(C)(C)C1=CC[C]([Zr]([CH3])([CH3])(=[SiH2])[C]2=CC(C(C)(C)C)=CC2)=C1. The van der Waals surface area contributed by atoms with E-state index in [4.69, 9.17) is 0 Å². The van der Waals surface area contributed by atoms with E-state index in [2.05, 4.69) is 82.0 Å². The van der Waals surface area contributed by atoms with E-state index in [9.17, 15) is 0 Å². The number of hydrogen-bond donors (Lipinski definition) is 0. The third-order valence-electron chi connectivity index (χ3n) is 5.53. The summed E-state index contributed by atoms with van der Waals surface area (Å²) in [6, 6.07) is 0. The molecular weight excluding hydrogens is 360 g/mol. The van der Waals surface area contributed by atoms with Crippen molar-refractivity contribution >= 4 is 6.88 Å². The molecule has 2 aliphatic rings. The molecule has 0 aromatic heterocycles. The second-order valence-corrected chi connectivity index (χ2v) is 39.2. The molecule has 0 bridgehead atoms. The second kappa shape index (κ2) is 5.28. The van der Waals surface area contributed by atoms with Gasteiger partial charge in [-0.05, 0) is 0 Å². The van der Waals surface area contributed by atoms with Gasteiger partial charge >= 0.3 is 141 Å². The summed E-state index contributed by atoms with van der Waals surface area (Å²) in [5, 5.41) is 0. The third kappa shape index (κ3) is 3.44. The Balaban J connectivity index is 2.38. The van der Waals surface area contributed by atoms with E-state index < -0.39 is 17.4 Å². The normalized spacial score (nSPS) is 20.6. The molecular formula is C20H34SiZr. The van der Waals surface area contributed by atoms with Gasteiger partial charge in [-0.1, -0.05) is 0 Å². The van der Waals surface area contributed by atoms with Crippen molar-refractivity contribution in [2.24, 2.45) is 10.8 Å². The summed E-state index contributed by atoms with van der Waals surface area (Å²) in [7, 11) is 0. The van der Waals surface area contributed by atoms with Crippen LogP contribution in [0.25, 0.3) is 0 Å². The maximum absolute atomic E-state index is 2.93. The molecule has 0 radical (unpaired) electrons. The molecule has 0 saturated carbocycles. The molecule has 0 amide bonds. The van der Waals surface area contributed by atoms with Crippen molar-refractivity contribution in [2.45, 2.75) is 63.6 Å². The van der Waals surface area contributed by atoms with Crippen LogP contribution in [-0.4, -0.2) is 6.88 Å². The van der Waals surface area contributed by atoms with Gasteiger partial charge in [0.1, 0.15) is 0 Å². The van der Waals surface area contributed by atoms with Crippen LogP contribution in [0.2, 0.25) is 9.26 Å². The first-order valence-corrected chi connectivity index (χ1v) is 21.9. The monoisotopic (exact) mass is 392 g/mol. The molecule has 22 heavy (non-hydrogen) atoms. The van der Waals surface area contributed by atoms with Crippen molar-refractivity contribution in [1.29, 1.82) is 0 Å². The first-order valence-electron chi connectivity index (χ1n) is 8.61. The van der Waals surface area contributed by atoms with Gasteiger partial charge in [-0.15, -0.1) is 0 Å². The summed E-state index contributed by atoms with van der Waals surface area (Å²) in [4.78, 5) is 0. The van der Waals surface area contributed by atoms with Gasteiger partial charge in [-0.2, -0.15) is 0 Å². The Labute approximate surface area is 140 Å². The molecule has 0 aromatic rings. The van der Waals surface area contributed by atoms with Gasteiger partial charge in [-0.25, -0.2) is 0 Å². The molecule has 0 saturated heterocycles. The van der Waals surface area contributed by atoms with Crippen LogP contribution in [0.1, 0.15) is 54.4 Å². The average molecular weight is 394 g/mol. The molecule has 2 aliphatic carbocycles. The summed E-state index contributed by atoms with van der Waals surface area (Å²) in [6.45, 7) is 16.4. The standard InChI is InChI=1S/2C9H13.2CH3.H2Si.Zr/c2*1-9(2,3)8-6-4-5-7-8;;;;/h2*6-7H,4H2,1-3H3;2*1H3;1H2;. The van der Waals surface area contributed by atoms with Crippen molar-refractivity contribution < 1.29 is 17.4 Å². The Kier molecular flexibility index (Phi) is 4.42. The van der Waals surface area contributed by atoms with Crippen LogP contribution < -0.4 is 0 Å². The molecule has 0 aliphatic heterocycles. The second-order valence-electron chi connectivity index (χ2n) is 10.3. The van der Waals surface area contributed by atoms with E-state index in [-0.39, 0.29) is 10.8 Å². The molecule has 0 heterocycles. The van der Waals surface area contributed by atoms with Crippen molar-refractivity contribution in [2.75, 3.05) is 0 Å². The fraction of sp³-hybridized carbons (Fsp3) is 0.600. The fourth-order valence-electron chi connectivity index (χ4n) is 3.42. The molecule has 0 N–H and O–H groups in total. The van der Waals surface area contributed by atoms with Crippen LogP contribution in [0.4, 0.5) is 0 Å². The van der Waals surface area contributed by atoms with Gasteiger partial charge in [0.25, 0.3) is 0 Å². The summed E-state index contributed by atoms with van der Waals surface area (Å²) >= 11 is -2.93. The Hall–Kier alpha value is 0.0600. The van der Waals surface area contributed by atoms with E-state index in [0.29, 0.717) is 0 Å². The Morgan fingerprint density at radius 2 is 1.09 bits per heavy atom. The molecule has 122 valence electrons. The van der Waals surface area contributed by atoms with Gasteiger partial charge in [0, 0.05) is 0 Å². The van der Waals surface area contributed by atoms with Crippen LogP contribution in [0.3, 0.4) is 0 Å². The molecule has 0 atom stereocenters. The molecule has 0 spiro atoms. The predicted molar refractivity (Wildman–Crippen MR) is 101 cm³/mol. The molecule has 2 rings (SSSR count). The van der Waals surface area contributed by atoms with Crippen LogP contribution in [0.5, 0.6) is 0 Å². The zero-order chi connectivity index (χ0) is 17.0. The van der Waals surface area contributed by atoms with E-state index in [1.165, 1.54) is 12.8 Å². The fourth-order valence-corrected chi connectivity index (χ4v) is 14.1. The average Bonchev–Trinajstić information content (AvgIpc) is 2.97. The van der Waals surface area contributed by atoms with Crippen LogP contribution in [0.15, 0.2) is 42.0 Å².